The summed E-state index contributed by atoms with van der Waals surface area (Å²) in [7, 11) is -7.10. The van der Waals surface area contributed by atoms with E-state index in [-0.39, 0.29) is 23.0 Å². The van der Waals surface area contributed by atoms with Crippen LogP contribution in [0, 0.1) is 0 Å². The first-order valence-corrected chi connectivity index (χ1v) is 10.1. The molecule has 9 heteroatoms. The fourth-order valence-electron chi connectivity index (χ4n) is 1.74. The van der Waals surface area contributed by atoms with E-state index in [1.807, 2.05) is 6.92 Å². The molecule has 0 aliphatic carbocycles. The van der Waals surface area contributed by atoms with Crippen molar-refractivity contribution in [3.63, 3.8) is 0 Å². The van der Waals surface area contributed by atoms with Crippen LogP contribution in [0.2, 0.25) is 5.02 Å². The molecule has 0 aromatic heterocycles. The highest BCUT2D eigenvalue weighted by atomic mass is 35.5. The van der Waals surface area contributed by atoms with Crippen LogP contribution in [-0.2, 0) is 20.0 Å². The van der Waals surface area contributed by atoms with E-state index in [2.05, 4.69) is 4.72 Å². The lowest BCUT2D eigenvalue weighted by Crippen LogP contribution is -2.38. The minimum Gasteiger partial charge on any atom is -0.213 e. The summed E-state index contributed by atoms with van der Waals surface area (Å²) in [6.07, 6.45) is 1.76. The van der Waals surface area contributed by atoms with Gasteiger partial charge in [-0.25, -0.2) is 25.9 Å². The van der Waals surface area contributed by atoms with Crippen LogP contribution >= 0.6 is 11.6 Å². The van der Waals surface area contributed by atoms with Crippen LogP contribution in [0.15, 0.2) is 29.2 Å². The van der Waals surface area contributed by atoms with Crippen LogP contribution in [0.1, 0.15) is 13.3 Å². The number of sulfonamides is 2. The third-order valence-corrected chi connectivity index (χ3v) is 5.99. The topological polar surface area (TPSA) is 83.6 Å². The molecule has 0 heterocycles. The summed E-state index contributed by atoms with van der Waals surface area (Å²) in [5.74, 6) is 0. The standard InChI is InChI=1S/C12H19ClN2O4S2/c1-3-9-15(20(2,16)17)10-8-14-21(18,19)12-7-5-4-6-11(12)13/h4-7,14H,3,8-10H2,1-2H3. The Morgan fingerprint density at radius 2 is 1.76 bits per heavy atom. The summed E-state index contributed by atoms with van der Waals surface area (Å²) in [6.45, 7) is 2.27. The van der Waals surface area contributed by atoms with Gasteiger partial charge >= 0.3 is 0 Å². The number of benzene rings is 1. The third-order valence-electron chi connectivity index (χ3n) is 2.72. The van der Waals surface area contributed by atoms with Gasteiger partial charge in [0, 0.05) is 19.6 Å². The fraction of sp³-hybridized carbons (Fsp3) is 0.500. The molecular weight excluding hydrogens is 336 g/mol. The van der Waals surface area contributed by atoms with Gasteiger partial charge in [0.25, 0.3) is 0 Å². The number of halogens is 1. The Bertz CT molecular complexity index is 674. The van der Waals surface area contributed by atoms with Crippen molar-refractivity contribution in [3.8, 4) is 0 Å². The maximum Gasteiger partial charge on any atom is 0.242 e. The van der Waals surface area contributed by atoms with Gasteiger partial charge in [-0.3, -0.25) is 0 Å². The normalized spacial score (nSPS) is 12.8. The van der Waals surface area contributed by atoms with E-state index in [4.69, 9.17) is 11.6 Å². The molecule has 0 saturated carbocycles. The van der Waals surface area contributed by atoms with E-state index >= 15 is 0 Å². The van der Waals surface area contributed by atoms with Crippen molar-refractivity contribution >= 4 is 31.6 Å². The van der Waals surface area contributed by atoms with E-state index < -0.39 is 20.0 Å². The second kappa shape index (κ2) is 7.55. The molecule has 0 aliphatic rings. The van der Waals surface area contributed by atoms with Crippen LogP contribution in [-0.4, -0.2) is 47.0 Å². The highest BCUT2D eigenvalue weighted by molar-refractivity contribution is 7.89. The van der Waals surface area contributed by atoms with Crippen molar-refractivity contribution in [3.05, 3.63) is 29.3 Å². The minimum absolute atomic E-state index is 0.0133. The van der Waals surface area contributed by atoms with Crippen molar-refractivity contribution in [2.24, 2.45) is 0 Å². The summed E-state index contributed by atoms with van der Waals surface area (Å²) in [5, 5.41) is 0.124. The first-order valence-electron chi connectivity index (χ1n) is 6.38. The lowest BCUT2D eigenvalue weighted by Gasteiger charge is -2.19. The number of nitrogens with one attached hydrogen (secondary N) is 1. The minimum atomic E-state index is -3.75. The van der Waals surface area contributed by atoms with Crippen molar-refractivity contribution in [1.29, 1.82) is 0 Å². The molecule has 0 atom stereocenters. The van der Waals surface area contributed by atoms with Crippen molar-refractivity contribution in [1.82, 2.24) is 9.03 Å². The highest BCUT2D eigenvalue weighted by Gasteiger charge is 2.19. The van der Waals surface area contributed by atoms with E-state index in [0.29, 0.717) is 13.0 Å². The van der Waals surface area contributed by atoms with Gasteiger partial charge in [-0.2, -0.15) is 0 Å². The molecule has 1 rings (SSSR count). The van der Waals surface area contributed by atoms with Gasteiger partial charge in [-0.1, -0.05) is 30.7 Å². The fourth-order valence-corrected chi connectivity index (χ4v) is 4.21. The van der Waals surface area contributed by atoms with Gasteiger partial charge < -0.3 is 0 Å². The quantitative estimate of drug-likeness (QED) is 0.762. The Balaban J connectivity index is 2.73. The second-order valence-corrected chi connectivity index (χ2v) is 8.62. The summed E-state index contributed by atoms with van der Waals surface area (Å²) < 4.78 is 50.8. The van der Waals surface area contributed by atoms with Gasteiger partial charge in [0.1, 0.15) is 4.90 Å². The third kappa shape index (κ3) is 5.55. The SMILES string of the molecule is CCCN(CCNS(=O)(=O)c1ccccc1Cl)S(C)(=O)=O. The van der Waals surface area contributed by atoms with E-state index in [9.17, 15) is 16.8 Å². The second-order valence-electron chi connectivity index (χ2n) is 4.49. The first kappa shape index (κ1) is 18.4. The molecule has 1 N–H and O–H groups in total. The zero-order valence-corrected chi connectivity index (χ0v) is 14.3. The molecule has 0 radical (unpaired) electrons. The largest absolute Gasteiger partial charge is 0.242 e. The average molecular weight is 355 g/mol. The predicted molar refractivity (Wildman–Crippen MR) is 83.3 cm³/mol. The van der Waals surface area contributed by atoms with E-state index in [0.717, 1.165) is 6.26 Å². The maximum absolute atomic E-state index is 12.1. The Morgan fingerprint density at radius 1 is 1.14 bits per heavy atom. The van der Waals surface area contributed by atoms with Gasteiger partial charge in [-0.15, -0.1) is 0 Å². The van der Waals surface area contributed by atoms with E-state index in [1.54, 1.807) is 12.1 Å². The van der Waals surface area contributed by atoms with Crippen LogP contribution in [0.4, 0.5) is 0 Å². The molecule has 0 fully saturated rings. The smallest absolute Gasteiger partial charge is 0.213 e. The molecule has 120 valence electrons. The summed E-state index contributed by atoms with van der Waals surface area (Å²) >= 11 is 5.85. The monoisotopic (exact) mass is 354 g/mol. The molecule has 0 spiro atoms. The summed E-state index contributed by atoms with van der Waals surface area (Å²) in [6, 6.07) is 6.08. The van der Waals surface area contributed by atoms with Crippen LogP contribution in [0.25, 0.3) is 0 Å². The number of hydrogen-bond donors (Lipinski definition) is 1. The lowest BCUT2D eigenvalue weighted by atomic mass is 10.4. The van der Waals surface area contributed by atoms with Crippen molar-refractivity contribution in [2.75, 3.05) is 25.9 Å². The number of nitrogens with zero attached hydrogens (tertiary/aromatic N) is 1. The van der Waals surface area contributed by atoms with Crippen molar-refractivity contribution in [2.45, 2.75) is 18.2 Å². The Kier molecular flexibility index (Phi) is 6.61. The zero-order chi connectivity index (χ0) is 16.1. The molecule has 0 saturated heterocycles. The Hall–Kier alpha value is -0.670. The Morgan fingerprint density at radius 3 is 2.29 bits per heavy atom. The molecule has 21 heavy (non-hydrogen) atoms. The molecule has 0 bridgehead atoms. The maximum atomic E-state index is 12.1. The molecule has 0 unspecified atom stereocenters. The first-order chi connectivity index (χ1) is 9.68. The van der Waals surface area contributed by atoms with Gasteiger partial charge in [0.15, 0.2) is 0 Å². The molecule has 1 aromatic rings. The van der Waals surface area contributed by atoms with Gasteiger partial charge in [0.05, 0.1) is 11.3 Å². The average Bonchev–Trinajstić information content (AvgIpc) is 2.36. The molecular formula is C12H19ClN2O4S2. The van der Waals surface area contributed by atoms with E-state index in [1.165, 1.54) is 16.4 Å². The zero-order valence-electron chi connectivity index (χ0n) is 11.9. The van der Waals surface area contributed by atoms with Crippen LogP contribution < -0.4 is 4.72 Å². The number of hydrogen-bond acceptors (Lipinski definition) is 4. The lowest BCUT2D eigenvalue weighted by molar-refractivity contribution is 0.416. The van der Waals surface area contributed by atoms with Crippen LogP contribution in [0.3, 0.4) is 0 Å². The summed E-state index contributed by atoms with van der Waals surface area (Å²) in [5.41, 5.74) is 0. The number of rotatable bonds is 8. The molecule has 1 aromatic carbocycles. The van der Waals surface area contributed by atoms with Crippen molar-refractivity contribution < 1.29 is 16.8 Å². The van der Waals surface area contributed by atoms with Gasteiger partial charge in [0.2, 0.25) is 20.0 Å². The highest BCUT2D eigenvalue weighted by Crippen LogP contribution is 2.19. The molecule has 6 nitrogen and oxygen atoms in total. The Labute approximate surface area is 131 Å². The molecule has 0 amide bonds. The summed E-state index contributed by atoms with van der Waals surface area (Å²) in [4.78, 5) is -0.0203. The predicted octanol–water partition coefficient (Wildman–Crippen LogP) is 1.29. The van der Waals surface area contributed by atoms with Gasteiger partial charge in [-0.05, 0) is 18.6 Å². The molecule has 0 aliphatic heterocycles. The van der Waals surface area contributed by atoms with Crippen LogP contribution in [0.5, 0.6) is 0 Å².